The topological polar surface area (TPSA) is 83.2 Å². The van der Waals surface area contributed by atoms with Gasteiger partial charge in [-0.25, -0.2) is 0 Å². The molecular weight excluding hydrogens is 378 g/mol. The zero-order valence-corrected chi connectivity index (χ0v) is 16.4. The number of aromatic amines is 1. The van der Waals surface area contributed by atoms with Gasteiger partial charge in [-0.05, 0) is 42.5 Å². The molecule has 150 valence electrons. The van der Waals surface area contributed by atoms with Crippen molar-refractivity contribution in [3.8, 4) is 5.75 Å². The van der Waals surface area contributed by atoms with Crippen molar-refractivity contribution in [2.24, 2.45) is 0 Å². The molecule has 0 aliphatic rings. The summed E-state index contributed by atoms with van der Waals surface area (Å²) in [6.07, 6.45) is 0. The number of carbonyl (C=O) groups is 2. The van der Waals surface area contributed by atoms with Crippen molar-refractivity contribution in [3.63, 3.8) is 0 Å². The Balaban J connectivity index is 1.51. The van der Waals surface area contributed by atoms with Gasteiger partial charge in [0.2, 0.25) is 0 Å². The van der Waals surface area contributed by atoms with E-state index in [1.807, 2.05) is 60.7 Å². The van der Waals surface area contributed by atoms with Gasteiger partial charge in [-0.3, -0.25) is 9.59 Å². The molecule has 0 aliphatic heterocycles. The van der Waals surface area contributed by atoms with E-state index in [1.165, 1.54) is 0 Å². The van der Waals surface area contributed by atoms with Crippen LogP contribution < -0.4 is 15.4 Å². The molecule has 0 fully saturated rings. The lowest BCUT2D eigenvalue weighted by atomic mass is 10.1. The number of hydrogen-bond donors (Lipinski definition) is 3. The van der Waals surface area contributed by atoms with Gasteiger partial charge in [0.25, 0.3) is 11.8 Å². The fourth-order valence-electron chi connectivity index (χ4n) is 3.21. The second-order valence-corrected chi connectivity index (χ2v) is 6.78. The van der Waals surface area contributed by atoms with Crippen LogP contribution in [0, 0.1) is 0 Å². The summed E-state index contributed by atoms with van der Waals surface area (Å²) in [5.41, 5.74) is 3.29. The number of ether oxygens (including phenoxy) is 1. The molecule has 6 nitrogen and oxygen atoms in total. The predicted octanol–water partition coefficient (Wildman–Crippen LogP) is 4.36. The standard InChI is InChI=1S/C24H21N3O3/c1-25-24(29)22-14-17-13-18(11-12-21(17)27-22)26-23(28)20-10-6-5-7-16(20)15-30-19-8-3-2-4-9-19/h2-14,27H,15H2,1H3,(H,25,29)(H,26,28). The summed E-state index contributed by atoms with van der Waals surface area (Å²) in [4.78, 5) is 27.8. The van der Waals surface area contributed by atoms with Crippen LogP contribution in [0.25, 0.3) is 10.9 Å². The highest BCUT2D eigenvalue weighted by Crippen LogP contribution is 2.22. The molecule has 0 spiro atoms. The molecule has 0 unspecified atom stereocenters. The van der Waals surface area contributed by atoms with Crippen LogP contribution in [0.4, 0.5) is 5.69 Å². The summed E-state index contributed by atoms with van der Waals surface area (Å²) in [7, 11) is 1.58. The first-order chi connectivity index (χ1) is 14.6. The fraction of sp³-hybridized carbons (Fsp3) is 0.0833. The molecule has 3 aromatic carbocycles. The highest BCUT2D eigenvalue weighted by atomic mass is 16.5. The number of benzene rings is 3. The van der Waals surface area contributed by atoms with Gasteiger partial charge in [-0.2, -0.15) is 0 Å². The molecule has 0 saturated heterocycles. The number of H-pyrrole nitrogens is 1. The molecule has 6 heteroatoms. The summed E-state index contributed by atoms with van der Waals surface area (Å²) in [5, 5.41) is 6.36. The van der Waals surface area contributed by atoms with Crippen LogP contribution in [0.3, 0.4) is 0 Å². The molecule has 3 N–H and O–H groups in total. The van der Waals surface area contributed by atoms with Crippen molar-refractivity contribution >= 4 is 28.4 Å². The maximum absolute atomic E-state index is 12.9. The predicted molar refractivity (Wildman–Crippen MR) is 117 cm³/mol. The SMILES string of the molecule is CNC(=O)c1cc2cc(NC(=O)c3ccccc3COc3ccccc3)ccc2[nH]1. The third-order valence-corrected chi connectivity index (χ3v) is 4.75. The minimum atomic E-state index is -0.219. The molecule has 1 heterocycles. The number of fused-ring (bicyclic) bond motifs is 1. The van der Waals surface area contributed by atoms with Crippen molar-refractivity contribution in [1.82, 2.24) is 10.3 Å². The monoisotopic (exact) mass is 399 g/mol. The van der Waals surface area contributed by atoms with Crippen LogP contribution in [-0.2, 0) is 6.61 Å². The van der Waals surface area contributed by atoms with E-state index in [2.05, 4.69) is 15.6 Å². The maximum Gasteiger partial charge on any atom is 0.267 e. The highest BCUT2D eigenvalue weighted by Gasteiger charge is 2.13. The van der Waals surface area contributed by atoms with Crippen LogP contribution in [0.15, 0.2) is 78.9 Å². The van der Waals surface area contributed by atoms with Gasteiger partial charge >= 0.3 is 0 Å². The summed E-state index contributed by atoms with van der Waals surface area (Å²) < 4.78 is 5.80. The van der Waals surface area contributed by atoms with Gasteiger partial charge in [0, 0.05) is 34.8 Å². The van der Waals surface area contributed by atoms with E-state index in [-0.39, 0.29) is 11.8 Å². The van der Waals surface area contributed by atoms with Gasteiger partial charge in [0.15, 0.2) is 0 Å². The van der Waals surface area contributed by atoms with Crippen LogP contribution >= 0.6 is 0 Å². The van der Waals surface area contributed by atoms with E-state index in [9.17, 15) is 9.59 Å². The van der Waals surface area contributed by atoms with Gasteiger partial charge in [0.05, 0.1) is 0 Å². The Morgan fingerprint density at radius 3 is 2.47 bits per heavy atom. The van der Waals surface area contributed by atoms with E-state index in [0.717, 1.165) is 22.2 Å². The summed E-state index contributed by atoms with van der Waals surface area (Å²) in [6.45, 7) is 0.292. The molecule has 30 heavy (non-hydrogen) atoms. The van der Waals surface area contributed by atoms with Crippen molar-refractivity contribution in [2.75, 3.05) is 12.4 Å². The van der Waals surface area contributed by atoms with Crippen molar-refractivity contribution in [2.45, 2.75) is 6.61 Å². The lowest BCUT2D eigenvalue weighted by Gasteiger charge is -2.11. The van der Waals surface area contributed by atoms with E-state index >= 15 is 0 Å². The van der Waals surface area contributed by atoms with Gasteiger partial charge in [-0.15, -0.1) is 0 Å². The van der Waals surface area contributed by atoms with Crippen LogP contribution in [0.1, 0.15) is 26.4 Å². The zero-order valence-electron chi connectivity index (χ0n) is 16.4. The molecule has 1 aromatic heterocycles. The number of hydrogen-bond acceptors (Lipinski definition) is 3. The molecule has 4 aromatic rings. The molecule has 2 amide bonds. The maximum atomic E-state index is 12.9. The van der Waals surface area contributed by atoms with Gasteiger partial charge in [0.1, 0.15) is 18.1 Å². The van der Waals surface area contributed by atoms with E-state index in [1.54, 1.807) is 25.2 Å². The van der Waals surface area contributed by atoms with E-state index in [0.29, 0.717) is 23.6 Å². The number of carbonyl (C=O) groups excluding carboxylic acids is 2. The zero-order chi connectivity index (χ0) is 20.9. The molecular formula is C24H21N3O3. The third-order valence-electron chi connectivity index (χ3n) is 4.75. The molecule has 0 saturated carbocycles. The van der Waals surface area contributed by atoms with Crippen molar-refractivity contribution in [3.05, 3.63) is 95.7 Å². The number of aromatic nitrogens is 1. The number of nitrogens with one attached hydrogen (secondary N) is 3. The van der Waals surface area contributed by atoms with Crippen LogP contribution in [0.2, 0.25) is 0 Å². The minimum Gasteiger partial charge on any atom is -0.489 e. The Kier molecular flexibility index (Phi) is 5.48. The Morgan fingerprint density at radius 2 is 1.67 bits per heavy atom. The normalized spacial score (nSPS) is 10.6. The second-order valence-electron chi connectivity index (χ2n) is 6.78. The molecule has 0 atom stereocenters. The average Bonchev–Trinajstić information content (AvgIpc) is 3.21. The third kappa shape index (κ3) is 4.17. The number of anilines is 1. The molecule has 0 bridgehead atoms. The van der Waals surface area contributed by atoms with Crippen molar-refractivity contribution in [1.29, 1.82) is 0 Å². The van der Waals surface area contributed by atoms with E-state index < -0.39 is 0 Å². The van der Waals surface area contributed by atoms with Crippen LogP contribution in [0.5, 0.6) is 5.75 Å². The summed E-state index contributed by atoms with van der Waals surface area (Å²) >= 11 is 0. The Bertz CT molecular complexity index is 1200. The highest BCUT2D eigenvalue weighted by molar-refractivity contribution is 6.06. The molecule has 0 radical (unpaired) electrons. The van der Waals surface area contributed by atoms with Gasteiger partial charge < -0.3 is 20.4 Å². The Morgan fingerprint density at radius 1 is 0.900 bits per heavy atom. The second kappa shape index (κ2) is 8.53. The fourth-order valence-corrected chi connectivity index (χ4v) is 3.21. The number of amides is 2. The first-order valence-electron chi connectivity index (χ1n) is 9.56. The van der Waals surface area contributed by atoms with E-state index in [4.69, 9.17) is 4.74 Å². The van der Waals surface area contributed by atoms with Crippen LogP contribution in [-0.4, -0.2) is 23.8 Å². The average molecular weight is 399 g/mol. The van der Waals surface area contributed by atoms with Crippen molar-refractivity contribution < 1.29 is 14.3 Å². The smallest absolute Gasteiger partial charge is 0.267 e. The summed E-state index contributed by atoms with van der Waals surface area (Å²) in [5.74, 6) is 0.338. The Labute approximate surface area is 173 Å². The number of para-hydroxylation sites is 1. The first kappa shape index (κ1) is 19.3. The first-order valence-corrected chi connectivity index (χ1v) is 9.56. The summed E-state index contributed by atoms with van der Waals surface area (Å²) in [6, 6.07) is 24.1. The largest absolute Gasteiger partial charge is 0.489 e. The molecule has 4 rings (SSSR count). The number of rotatable bonds is 6. The Hall–Kier alpha value is -4.06. The van der Waals surface area contributed by atoms with Gasteiger partial charge in [-0.1, -0.05) is 36.4 Å². The minimum absolute atomic E-state index is 0.191. The lowest BCUT2D eigenvalue weighted by molar-refractivity contribution is 0.0958. The lowest BCUT2D eigenvalue weighted by Crippen LogP contribution is -2.17. The quantitative estimate of drug-likeness (QED) is 0.450. The molecule has 0 aliphatic carbocycles.